The van der Waals surface area contributed by atoms with E-state index in [0.29, 0.717) is 11.4 Å². The Morgan fingerprint density at radius 3 is 2.90 bits per heavy atom. The number of nitrogens with two attached hydrogens (primary N) is 1. The first-order chi connectivity index (χ1) is 9.94. The fourth-order valence-corrected chi connectivity index (χ4v) is 3.22. The molecule has 0 aliphatic carbocycles. The normalized spacial score (nSPS) is 11.5. The minimum absolute atomic E-state index is 0.0652. The number of ether oxygens (including phenoxy) is 1. The molecule has 0 aliphatic rings. The Hall–Kier alpha value is -1.64. The lowest BCUT2D eigenvalue weighted by atomic mass is 10.3. The van der Waals surface area contributed by atoms with Crippen molar-refractivity contribution < 1.29 is 13.2 Å². The van der Waals surface area contributed by atoms with Crippen LogP contribution in [0.4, 0.5) is 5.69 Å². The van der Waals surface area contributed by atoms with E-state index in [0.717, 1.165) is 9.88 Å². The summed E-state index contributed by atoms with van der Waals surface area (Å²) in [6.45, 7) is 2.20. The van der Waals surface area contributed by atoms with Crippen molar-refractivity contribution in [1.29, 1.82) is 0 Å². The minimum Gasteiger partial charge on any atom is -0.492 e. The van der Waals surface area contributed by atoms with Crippen molar-refractivity contribution >= 4 is 27.0 Å². The molecule has 2 rings (SSSR count). The lowest BCUT2D eigenvalue weighted by molar-refractivity contribution is 0.340. The second-order valence-corrected chi connectivity index (χ2v) is 7.67. The van der Waals surface area contributed by atoms with E-state index in [1.54, 1.807) is 30.5 Å². The van der Waals surface area contributed by atoms with Crippen molar-refractivity contribution in [2.75, 3.05) is 18.1 Å². The van der Waals surface area contributed by atoms with Gasteiger partial charge in [0.1, 0.15) is 17.4 Å². The van der Waals surface area contributed by atoms with Crippen LogP contribution in [0.3, 0.4) is 0 Å². The number of benzene rings is 1. The molecule has 2 aromatic rings. The van der Waals surface area contributed by atoms with Crippen LogP contribution in [0.1, 0.15) is 9.88 Å². The fraction of sp³-hybridized carbons (Fsp3) is 0.308. The molecule has 0 fully saturated rings. The third-order valence-electron chi connectivity index (χ3n) is 2.59. The molecule has 1 aromatic carbocycles. The molecule has 1 heterocycles. The van der Waals surface area contributed by atoms with Gasteiger partial charge in [-0.05, 0) is 19.1 Å². The van der Waals surface area contributed by atoms with Crippen LogP contribution in [-0.2, 0) is 16.6 Å². The molecular weight excluding hydrogens is 310 g/mol. The molecule has 0 atom stereocenters. The molecule has 8 heteroatoms. The SMILES string of the molecule is Cc1cnc(CNS(=O)(=O)CCOc2cccc(N)c2)s1. The van der Waals surface area contributed by atoms with Crippen molar-refractivity contribution in [1.82, 2.24) is 9.71 Å². The van der Waals surface area contributed by atoms with Crippen molar-refractivity contribution in [3.63, 3.8) is 0 Å². The third kappa shape index (κ3) is 5.33. The van der Waals surface area contributed by atoms with Gasteiger partial charge in [-0.3, -0.25) is 0 Å². The topological polar surface area (TPSA) is 94.3 Å². The molecular formula is C13H17N3O3S2. The Kier molecular flexibility index (Phi) is 5.16. The zero-order valence-corrected chi connectivity index (χ0v) is 13.2. The summed E-state index contributed by atoms with van der Waals surface area (Å²) in [6, 6.07) is 6.87. The Labute approximate surface area is 128 Å². The van der Waals surface area contributed by atoms with E-state index in [-0.39, 0.29) is 18.9 Å². The van der Waals surface area contributed by atoms with Gasteiger partial charge in [0.2, 0.25) is 10.0 Å². The van der Waals surface area contributed by atoms with E-state index in [1.165, 1.54) is 11.3 Å². The summed E-state index contributed by atoms with van der Waals surface area (Å²) >= 11 is 1.47. The molecule has 0 saturated heterocycles. The van der Waals surface area contributed by atoms with Crippen LogP contribution in [0.2, 0.25) is 0 Å². The van der Waals surface area contributed by atoms with Gasteiger partial charge in [0.05, 0.1) is 12.3 Å². The van der Waals surface area contributed by atoms with Gasteiger partial charge in [0.25, 0.3) is 0 Å². The second-order valence-electron chi connectivity index (χ2n) is 4.43. The quantitative estimate of drug-likeness (QED) is 0.752. The molecule has 6 nitrogen and oxygen atoms in total. The fourth-order valence-electron chi connectivity index (χ4n) is 1.60. The summed E-state index contributed by atoms with van der Waals surface area (Å²) in [6.07, 6.45) is 1.72. The first kappa shape index (κ1) is 15.7. The van der Waals surface area contributed by atoms with E-state index in [4.69, 9.17) is 10.5 Å². The first-order valence-corrected chi connectivity index (χ1v) is 8.78. The van der Waals surface area contributed by atoms with Crippen LogP contribution in [0.25, 0.3) is 0 Å². The van der Waals surface area contributed by atoms with Gasteiger partial charge in [0, 0.05) is 22.8 Å². The molecule has 114 valence electrons. The van der Waals surface area contributed by atoms with Crippen LogP contribution in [0.5, 0.6) is 5.75 Å². The highest BCUT2D eigenvalue weighted by molar-refractivity contribution is 7.89. The lowest BCUT2D eigenvalue weighted by Crippen LogP contribution is -2.28. The number of nitrogen functional groups attached to an aromatic ring is 1. The van der Waals surface area contributed by atoms with E-state index >= 15 is 0 Å². The number of nitrogens with one attached hydrogen (secondary N) is 1. The van der Waals surface area contributed by atoms with Gasteiger partial charge in [-0.1, -0.05) is 6.07 Å². The van der Waals surface area contributed by atoms with Gasteiger partial charge < -0.3 is 10.5 Å². The number of nitrogens with zero attached hydrogens (tertiary/aromatic N) is 1. The second kappa shape index (κ2) is 6.88. The highest BCUT2D eigenvalue weighted by Gasteiger charge is 2.11. The molecule has 0 radical (unpaired) electrons. The summed E-state index contributed by atoms with van der Waals surface area (Å²) in [5, 5.41) is 0.743. The molecule has 0 amide bonds. The maximum atomic E-state index is 11.8. The molecule has 21 heavy (non-hydrogen) atoms. The highest BCUT2D eigenvalue weighted by atomic mass is 32.2. The maximum absolute atomic E-state index is 11.8. The highest BCUT2D eigenvalue weighted by Crippen LogP contribution is 2.14. The monoisotopic (exact) mass is 327 g/mol. The zero-order chi connectivity index (χ0) is 15.3. The molecule has 1 aromatic heterocycles. The van der Waals surface area contributed by atoms with E-state index in [1.807, 2.05) is 6.92 Å². The van der Waals surface area contributed by atoms with Crippen LogP contribution < -0.4 is 15.2 Å². The summed E-state index contributed by atoms with van der Waals surface area (Å²) in [7, 11) is -3.39. The van der Waals surface area contributed by atoms with Crippen LogP contribution in [-0.4, -0.2) is 25.8 Å². The van der Waals surface area contributed by atoms with Crippen molar-refractivity contribution in [3.8, 4) is 5.75 Å². The molecule has 0 saturated carbocycles. The number of hydrogen-bond acceptors (Lipinski definition) is 6. The van der Waals surface area contributed by atoms with Gasteiger partial charge in [-0.2, -0.15) is 0 Å². The Balaban J connectivity index is 1.78. The van der Waals surface area contributed by atoms with Gasteiger partial charge in [0.15, 0.2) is 0 Å². The summed E-state index contributed by atoms with van der Waals surface area (Å²) in [5.74, 6) is 0.437. The summed E-state index contributed by atoms with van der Waals surface area (Å²) in [4.78, 5) is 5.15. The Morgan fingerprint density at radius 2 is 2.24 bits per heavy atom. The molecule has 3 N–H and O–H groups in total. The van der Waals surface area contributed by atoms with Gasteiger partial charge in [-0.15, -0.1) is 11.3 Å². The third-order valence-corrected chi connectivity index (χ3v) is 4.79. The number of sulfonamides is 1. The van der Waals surface area contributed by atoms with Crippen molar-refractivity contribution in [3.05, 3.63) is 40.3 Å². The standard InChI is InChI=1S/C13H17N3O3S2/c1-10-8-15-13(20-10)9-16-21(17,18)6-5-19-12-4-2-3-11(14)7-12/h2-4,7-8,16H,5-6,9,14H2,1H3. The van der Waals surface area contributed by atoms with E-state index in [9.17, 15) is 8.42 Å². The van der Waals surface area contributed by atoms with Crippen molar-refractivity contribution in [2.24, 2.45) is 0 Å². The van der Waals surface area contributed by atoms with Crippen LogP contribution in [0.15, 0.2) is 30.5 Å². The first-order valence-electron chi connectivity index (χ1n) is 6.31. The minimum atomic E-state index is -3.39. The van der Waals surface area contributed by atoms with Crippen LogP contribution >= 0.6 is 11.3 Å². The van der Waals surface area contributed by atoms with Crippen molar-refractivity contribution in [2.45, 2.75) is 13.5 Å². The Bertz CT molecular complexity index is 698. The predicted octanol–water partition coefficient (Wildman–Crippen LogP) is 1.53. The van der Waals surface area contributed by atoms with E-state index in [2.05, 4.69) is 9.71 Å². The summed E-state index contributed by atoms with van der Waals surface area (Å²) in [5.41, 5.74) is 6.19. The number of rotatable bonds is 7. The number of hydrogen-bond donors (Lipinski definition) is 2. The number of aryl methyl sites for hydroxylation is 1. The Morgan fingerprint density at radius 1 is 1.43 bits per heavy atom. The maximum Gasteiger partial charge on any atom is 0.215 e. The number of thiazole rings is 1. The zero-order valence-electron chi connectivity index (χ0n) is 11.6. The molecule has 0 aliphatic heterocycles. The van der Waals surface area contributed by atoms with E-state index < -0.39 is 10.0 Å². The van der Waals surface area contributed by atoms with Gasteiger partial charge >= 0.3 is 0 Å². The average molecular weight is 327 g/mol. The number of anilines is 1. The largest absolute Gasteiger partial charge is 0.492 e. The smallest absolute Gasteiger partial charge is 0.215 e. The predicted molar refractivity (Wildman–Crippen MR) is 83.8 cm³/mol. The average Bonchev–Trinajstić information content (AvgIpc) is 2.82. The molecule has 0 unspecified atom stereocenters. The van der Waals surface area contributed by atoms with Crippen LogP contribution in [0, 0.1) is 6.92 Å². The molecule has 0 spiro atoms. The summed E-state index contributed by atoms with van der Waals surface area (Å²) < 4.78 is 31.5. The lowest BCUT2D eigenvalue weighted by Gasteiger charge is -2.08. The number of aromatic nitrogens is 1. The van der Waals surface area contributed by atoms with Gasteiger partial charge in [-0.25, -0.2) is 18.1 Å². The molecule has 0 bridgehead atoms.